The van der Waals surface area contributed by atoms with Crippen molar-refractivity contribution in [3.8, 4) is 6.07 Å². The second kappa shape index (κ2) is 4.41. The highest BCUT2D eigenvalue weighted by Crippen LogP contribution is 2.35. The number of methoxy groups -OCH3 is 1. The molecule has 90 valence electrons. The maximum atomic E-state index is 13.1. The number of hydrogen-bond donors (Lipinski definition) is 0. The summed E-state index contributed by atoms with van der Waals surface area (Å²) in [6, 6.07) is 2.33. The lowest BCUT2D eigenvalue weighted by Gasteiger charge is -2.13. The Morgan fingerprint density at radius 2 is 2.00 bits per heavy atom. The number of halogens is 4. The van der Waals surface area contributed by atoms with E-state index in [1.165, 1.54) is 0 Å². The second-order valence-electron chi connectivity index (χ2n) is 2.95. The number of carbonyl (C=O) groups excluding carboxylic acids is 1. The van der Waals surface area contributed by atoms with E-state index >= 15 is 0 Å². The predicted molar refractivity (Wildman–Crippen MR) is 47.5 cm³/mol. The van der Waals surface area contributed by atoms with Crippen molar-refractivity contribution in [2.24, 2.45) is 0 Å². The van der Waals surface area contributed by atoms with Crippen LogP contribution in [-0.2, 0) is 10.9 Å². The third-order valence-corrected chi connectivity index (χ3v) is 1.96. The third kappa shape index (κ3) is 2.36. The van der Waals surface area contributed by atoms with E-state index in [-0.39, 0.29) is 0 Å². The summed E-state index contributed by atoms with van der Waals surface area (Å²) in [7, 11) is 0.887. The van der Waals surface area contributed by atoms with Crippen LogP contribution in [0.2, 0.25) is 0 Å². The molecule has 0 fully saturated rings. The van der Waals surface area contributed by atoms with Crippen LogP contribution in [0.3, 0.4) is 0 Å². The van der Waals surface area contributed by atoms with Crippen LogP contribution in [-0.4, -0.2) is 13.1 Å². The third-order valence-electron chi connectivity index (χ3n) is 1.96. The van der Waals surface area contributed by atoms with Gasteiger partial charge in [0.05, 0.1) is 18.2 Å². The number of nitriles is 1. The lowest BCUT2D eigenvalue weighted by Crippen LogP contribution is -2.17. The van der Waals surface area contributed by atoms with Crippen LogP contribution < -0.4 is 0 Å². The number of esters is 1. The first-order chi connectivity index (χ1) is 7.82. The van der Waals surface area contributed by atoms with E-state index in [4.69, 9.17) is 5.26 Å². The molecular formula is C10H5F4NO2. The van der Waals surface area contributed by atoms with Gasteiger partial charge < -0.3 is 4.74 Å². The maximum absolute atomic E-state index is 13.1. The highest BCUT2D eigenvalue weighted by Gasteiger charge is 2.39. The molecule has 0 heterocycles. The van der Waals surface area contributed by atoms with Crippen molar-refractivity contribution in [3.63, 3.8) is 0 Å². The Bertz CT molecular complexity index is 502. The Labute approximate surface area is 93.2 Å². The van der Waals surface area contributed by atoms with E-state index in [2.05, 4.69) is 4.74 Å². The molecule has 0 atom stereocenters. The van der Waals surface area contributed by atoms with Gasteiger partial charge in [0.1, 0.15) is 17.4 Å². The summed E-state index contributed by atoms with van der Waals surface area (Å²) in [5.41, 5.74) is -3.73. The predicted octanol–water partition coefficient (Wildman–Crippen LogP) is 2.50. The molecule has 0 bridgehead atoms. The molecule has 0 aliphatic carbocycles. The molecule has 0 aromatic heterocycles. The van der Waals surface area contributed by atoms with Crippen molar-refractivity contribution in [3.05, 3.63) is 34.6 Å². The molecule has 0 amide bonds. The molecule has 0 saturated heterocycles. The Morgan fingerprint density at radius 3 is 2.41 bits per heavy atom. The molecule has 1 rings (SSSR count). The fraction of sp³-hybridized carbons (Fsp3) is 0.200. The molecule has 0 aliphatic rings. The van der Waals surface area contributed by atoms with Gasteiger partial charge in [0, 0.05) is 0 Å². The SMILES string of the molecule is COC(=O)c1ccc(F)c(C#N)c1C(F)(F)F. The van der Waals surface area contributed by atoms with E-state index < -0.39 is 34.7 Å². The van der Waals surface area contributed by atoms with Gasteiger partial charge in [0.15, 0.2) is 0 Å². The Kier molecular flexibility index (Phi) is 3.36. The van der Waals surface area contributed by atoms with Gasteiger partial charge in [-0.3, -0.25) is 0 Å². The molecule has 0 spiro atoms. The molecule has 17 heavy (non-hydrogen) atoms. The molecule has 0 aliphatic heterocycles. The minimum atomic E-state index is -5.02. The number of alkyl halides is 3. The molecule has 1 aromatic rings. The van der Waals surface area contributed by atoms with Gasteiger partial charge in [-0.25, -0.2) is 9.18 Å². The van der Waals surface area contributed by atoms with Crippen LogP contribution >= 0.6 is 0 Å². The summed E-state index contributed by atoms with van der Waals surface area (Å²) < 4.78 is 55.1. The maximum Gasteiger partial charge on any atom is 0.418 e. The fourth-order valence-corrected chi connectivity index (χ4v) is 1.26. The summed E-state index contributed by atoms with van der Waals surface area (Å²) >= 11 is 0. The lowest BCUT2D eigenvalue weighted by atomic mass is 10.0. The average Bonchev–Trinajstić information content (AvgIpc) is 2.26. The molecule has 0 unspecified atom stereocenters. The number of ether oxygens (including phenoxy) is 1. The lowest BCUT2D eigenvalue weighted by molar-refractivity contribution is -0.138. The van der Waals surface area contributed by atoms with Gasteiger partial charge in [-0.05, 0) is 12.1 Å². The summed E-state index contributed by atoms with van der Waals surface area (Å²) in [4.78, 5) is 11.1. The van der Waals surface area contributed by atoms with E-state index in [0.717, 1.165) is 13.2 Å². The first kappa shape index (κ1) is 13.0. The van der Waals surface area contributed by atoms with Gasteiger partial charge in [0.2, 0.25) is 0 Å². The monoisotopic (exact) mass is 247 g/mol. The van der Waals surface area contributed by atoms with Gasteiger partial charge in [-0.2, -0.15) is 18.4 Å². The fourth-order valence-electron chi connectivity index (χ4n) is 1.26. The van der Waals surface area contributed by atoms with Crippen molar-refractivity contribution >= 4 is 5.97 Å². The minimum Gasteiger partial charge on any atom is -0.465 e. The summed E-state index contributed by atoms with van der Waals surface area (Å²) in [5, 5.41) is 8.50. The highest BCUT2D eigenvalue weighted by molar-refractivity contribution is 5.92. The van der Waals surface area contributed by atoms with E-state index in [0.29, 0.717) is 12.1 Å². The Morgan fingerprint density at radius 1 is 1.41 bits per heavy atom. The number of benzene rings is 1. The topological polar surface area (TPSA) is 50.1 Å². The molecule has 0 saturated carbocycles. The van der Waals surface area contributed by atoms with Gasteiger partial charge in [-0.15, -0.1) is 0 Å². The number of nitrogens with zero attached hydrogens (tertiary/aromatic N) is 1. The molecule has 1 aromatic carbocycles. The van der Waals surface area contributed by atoms with Crippen LogP contribution in [0.25, 0.3) is 0 Å². The number of carbonyl (C=O) groups is 1. The standard InChI is InChI=1S/C10H5F4NO2/c1-17-9(16)5-2-3-7(11)6(4-15)8(5)10(12,13)14/h2-3H,1H3. The van der Waals surface area contributed by atoms with Gasteiger partial charge >= 0.3 is 12.1 Å². The van der Waals surface area contributed by atoms with Crippen molar-refractivity contribution < 1.29 is 27.1 Å². The van der Waals surface area contributed by atoms with Crippen molar-refractivity contribution in [2.75, 3.05) is 7.11 Å². The number of rotatable bonds is 1. The molecule has 3 nitrogen and oxygen atoms in total. The average molecular weight is 247 g/mol. The zero-order valence-electron chi connectivity index (χ0n) is 8.43. The van der Waals surface area contributed by atoms with E-state index in [1.54, 1.807) is 0 Å². The summed E-state index contributed by atoms with van der Waals surface area (Å²) in [5.74, 6) is -2.62. The first-order valence-electron chi connectivity index (χ1n) is 4.21. The van der Waals surface area contributed by atoms with Gasteiger partial charge in [0.25, 0.3) is 0 Å². The minimum absolute atomic E-state index is 0.611. The van der Waals surface area contributed by atoms with Crippen molar-refractivity contribution in [1.82, 2.24) is 0 Å². The smallest absolute Gasteiger partial charge is 0.418 e. The Hall–Kier alpha value is -2.10. The van der Waals surface area contributed by atoms with Gasteiger partial charge in [-0.1, -0.05) is 0 Å². The molecule has 7 heteroatoms. The molecule has 0 radical (unpaired) electrons. The van der Waals surface area contributed by atoms with E-state index in [1.807, 2.05) is 0 Å². The highest BCUT2D eigenvalue weighted by atomic mass is 19.4. The van der Waals surface area contributed by atoms with E-state index in [9.17, 15) is 22.4 Å². The second-order valence-corrected chi connectivity index (χ2v) is 2.95. The zero-order valence-corrected chi connectivity index (χ0v) is 8.43. The molecular weight excluding hydrogens is 242 g/mol. The molecule has 0 N–H and O–H groups in total. The van der Waals surface area contributed by atoms with Crippen molar-refractivity contribution in [2.45, 2.75) is 6.18 Å². The van der Waals surface area contributed by atoms with Crippen LogP contribution in [0.1, 0.15) is 21.5 Å². The summed E-state index contributed by atoms with van der Waals surface area (Å²) in [6.45, 7) is 0. The zero-order chi connectivity index (χ0) is 13.2. The van der Waals surface area contributed by atoms with Crippen molar-refractivity contribution in [1.29, 1.82) is 5.26 Å². The number of hydrogen-bond acceptors (Lipinski definition) is 3. The Balaban J connectivity index is 3.65. The normalized spacial score (nSPS) is 10.8. The van der Waals surface area contributed by atoms with Crippen LogP contribution in [0.5, 0.6) is 0 Å². The van der Waals surface area contributed by atoms with Crippen LogP contribution in [0.4, 0.5) is 17.6 Å². The summed E-state index contributed by atoms with van der Waals surface area (Å²) in [6.07, 6.45) is -5.02. The quantitative estimate of drug-likeness (QED) is 0.566. The first-order valence-corrected chi connectivity index (χ1v) is 4.21. The van der Waals surface area contributed by atoms with Crippen LogP contribution in [0, 0.1) is 17.1 Å². The van der Waals surface area contributed by atoms with Crippen LogP contribution in [0.15, 0.2) is 12.1 Å². The largest absolute Gasteiger partial charge is 0.465 e.